The number of hydrogen-bond acceptors (Lipinski definition) is 4. The molecule has 0 heterocycles. The fourth-order valence-corrected chi connectivity index (χ4v) is 2.03. The van der Waals surface area contributed by atoms with Crippen molar-refractivity contribution in [2.75, 3.05) is 34.5 Å². The molecular formula is C9H18O4. The fraction of sp³-hybridized carbons (Fsp3) is 1.00. The molecule has 0 amide bonds. The molecule has 0 aromatic carbocycles. The summed E-state index contributed by atoms with van der Waals surface area (Å²) < 4.78 is 15.5. The standard InChI is InChI=1S/C9H18O4/c1-11-7-8(6-10)4-9(5-8,12-2)13-3/h10H,4-7H2,1-3H3. The van der Waals surface area contributed by atoms with E-state index in [1.807, 2.05) is 0 Å². The Labute approximate surface area is 78.8 Å². The zero-order valence-corrected chi connectivity index (χ0v) is 8.50. The molecule has 1 N–H and O–H groups in total. The highest BCUT2D eigenvalue weighted by Crippen LogP contribution is 2.50. The first kappa shape index (κ1) is 10.9. The first-order valence-corrected chi connectivity index (χ1v) is 4.36. The van der Waals surface area contributed by atoms with Crippen LogP contribution in [0.15, 0.2) is 0 Å². The summed E-state index contributed by atoms with van der Waals surface area (Å²) in [5.41, 5.74) is -0.166. The van der Waals surface area contributed by atoms with Crippen molar-refractivity contribution in [2.24, 2.45) is 5.41 Å². The SMILES string of the molecule is COCC1(CO)CC(OC)(OC)C1. The second kappa shape index (κ2) is 3.92. The van der Waals surface area contributed by atoms with Gasteiger partial charge in [0.1, 0.15) is 0 Å². The van der Waals surface area contributed by atoms with Crippen LogP contribution >= 0.6 is 0 Å². The normalized spacial score (nSPS) is 24.0. The highest BCUT2D eigenvalue weighted by Gasteiger charge is 2.55. The van der Waals surface area contributed by atoms with E-state index >= 15 is 0 Å². The molecule has 4 heteroatoms. The molecule has 1 fully saturated rings. The van der Waals surface area contributed by atoms with Crippen molar-refractivity contribution in [1.82, 2.24) is 0 Å². The fourth-order valence-electron chi connectivity index (χ4n) is 2.03. The van der Waals surface area contributed by atoms with Crippen LogP contribution in [0, 0.1) is 5.41 Å². The minimum Gasteiger partial charge on any atom is -0.396 e. The zero-order valence-electron chi connectivity index (χ0n) is 8.50. The van der Waals surface area contributed by atoms with Gasteiger partial charge in [-0.15, -0.1) is 0 Å². The van der Waals surface area contributed by atoms with Crippen LogP contribution in [-0.4, -0.2) is 45.4 Å². The van der Waals surface area contributed by atoms with Gasteiger partial charge in [0.2, 0.25) is 0 Å². The summed E-state index contributed by atoms with van der Waals surface area (Å²) in [5.74, 6) is -0.499. The lowest BCUT2D eigenvalue weighted by atomic mass is 9.65. The smallest absolute Gasteiger partial charge is 0.168 e. The molecule has 4 nitrogen and oxygen atoms in total. The lowest BCUT2D eigenvalue weighted by molar-refractivity contribution is -0.309. The molecule has 0 aromatic heterocycles. The second-order valence-corrected chi connectivity index (χ2v) is 3.76. The number of ether oxygens (including phenoxy) is 3. The lowest BCUT2D eigenvalue weighted by Crippen LogP contribution is -2.57. The quantitative estimate of drug-likeness (QED) is 0.637. The van der Waals surface area contributed by atoms with E-state index in [0.717, 1.165) is 0 Å². The van der Waals surface area contributed by atoms with Crippen molar-refractivity contribution in [2.45, 2.75) is 18.6 Å². The maximum absolute atomic E-state index is 9.20. The van der Waals surface area contributed by atoms with E-state index in [1.54, 1.807) is 21.3 Å². The first-order chi connectivity index (χ1) is 6.16. The average molecular weight is 190 g/mol. The summed E-state index contributed by atoms with van der Waals surface area (Å²) >= 11 is 0. The van der Waals surface area contributed by atoms with Gasteiger partial charge in [0.25, 0.3) is 0 Å². The van der Waals surface area contributed by atoms with Crippen molar-refractivity contribution in [3.8, 4) is 0 Å². The molecule has 13 heavy (non-hydrogen) atoms. The molecule has 78 valence electrons. The van der Waals surface area contributed by atoms with E-state index in [2.05, 4.69) is 0 Å². The van der Waals surface area contributed by atoms with E-state index in [1.165, 1.54) is 0 Å². The van der Waals surface area contributed by atoms with Crippen molar-refractivity contribution in [1.29, 1.82) is 0 Å². The Morgan fingerprint density at radius 1 is 1.15 bits per heavy atom. The molecule has 0 atom stereocenters. The van der Waals surface area contributed by atoms with Crippen LogP contribution in [0.4, 0.5) is 0 Å². The summed E-state index contributed by atoms with van der Waals surface area (Å²) in [6.45, 7) is 0.674. The van der Waals surface area contributed by atoms with Gasteiger partial charge in [-0.2, -0.15) is 0 Å². The Bertz CT molecular complexity index is 157. The maximum atomic E-state index is 9.20. The van der Waals surface area contributed by atoms with Gasteiger partial charge in [0.15, 0.2) is 5.79 Å². The largest absolute Gasteiger partial charge is 0.396 e. The molecule has 0 spiro atoms. The summed E-state index contributed by atoms with van der Waals surface area (Å²) in [6.07, 6.45) is 1.38. The maximum Gasteiger partial charge on any atom is 0.168 e. The highest BCUT2D eigenvalue weighted by atomic mass is 16.7. The topological polar surface area (TPSA) is 47.9 Å². The average Bonchev–Trinajstić information content (AvgIpc) is 2.11. The summed E-state index contributed by atoms with van der Waals surface area (Å²) in [6, 6.07) is 0. The van der Waals surface area contributed by atoms with E-state index < -0.39 is 5.79 Å². The van der Waals surface area contributed by atoms with Crippen molar-refractivity contribution < 1.29 is 19.3 Å². The predicted octanol–water partition coefficient (Wildman–Crippen LogP) is 0.394. The lowest BCUT2D eigenvalue weighted by Gasteiger charge is -2.52. The molecule has 0 saturated heterocycles. The highest BCUT2D eigenvalue weighted by molar-refractivity contribution is 4.99. The number of hydrogen-bond donors (Lipinski definition) is 1. The Kier molecular flexibility index (Phi) is 3.29. The van der Waals surface area contributed by atoms with E-state index in [4.69, 9.17) is 14.2 Å². The van der Waals surface area contributed by atoms with Crippen molar-refractivity contribution in [3.63, 3.8) is 0 Å². The van der Waals surface area contributed by atoms with Crippen molar-refractivity contribution >= 4 is 0 Å². The van der Waals surface area contributed by atoms with Gasteiger partial charge in [-0.05, 0) is 0 Å². The van der Waals surface area contributed by atoms with Crippen LogP contribution in [0.3, 0.4) is 0 Å². The van der Waals surface area contributed by atoms with Gasteiger partial charge < -0.3 is 19.3 Å². The van der Waals surface area contributed by atoms with Crippen molar-refractivity contribution in [3.05, 3.63) is 0 Å². The van der Waals surface area contributed by atoms with Crippen LogP contribution in [0.5, 0.6) is 0 Å². The number of aliphatic hydroxyl groups excluding tert-OH is 1. The zero-order chi connectivity index (χ0) is 9.95. The third-order valence-corrected chi connectivity index (χ3v) is 2.82. The Morgan fingerprint density at radius 3 is 2.00 bits per heavy atom. The van der Waals surface area contributed by atoms with Crippen LogP contribution in [0.1, 0.15) is 12.8 Å². The van der Waals surface area contributed by atoms with Gasteiger partial charge in [-0.3, -0.25) is 0 Å². The van der Waals surface area contributed by atoms with E-state index in [0.29, 0.717) is 19.4 Å². The van der Waals surface area contributed by atoms with Gasteiger partial charge in [0.05, 0.1) is 13.2 Å². The molecule has 0 radical (unpaired) electrons. The summed E-state index contributed by atoms with van der Waals surface area (Å²) in [7, 11) is 4.88. The van der Waals surface area contributed by atoms with Crippen LogP contribution in [0.25, 0.3) is 0 Å². The number of rotatable bonds is 5. The van der Waals surface area contributed by atoms with E-state index in [9.17, 15) is 5.11 Å². The molecule has 0 unspecified atom stereocenters. The molecule has 1 aliphatic carbocycles. The van der Waals surface area contributed by atoms with E-state index in [-0.39, 0.29) is 12.0 Å². The molecular weight excluding hydrogens is 172 g/mol. The second-order valence-electron chi connectivity index (χ2n) is 3.76. The van der Waals surface area contributed by atoms with Gasteiger partial charge >= 0.3 is 0 Å². The summed E-state index contributed by atoms with van der Waals surface area (Å²) in [5, 5.41) is 9.20. The Morgan fingerprint density at radius 2 is 1.69 bits per heavy atom. The van der Waals surface area contributed by atoms with Crippen LogP contribution < -0.4 is 0 Å². The summed E-state index contributed by atoms with van der Waals surface area (Å²) in [4.78, 5) is 0. The first-order valence-electron chi connectivity index (χ1n) is 4.36. The van der Waals surface area contributed by atoms with Crippen LogP contribution in [-0.2, 0) is 14.2 Å². The predicted molar refractivity (Wildman–Crippen MR) is 47.4 cm³/mol. The number of methoxy groups -OCH3 is 3. The molecule has 0 aromatic rings. The van der Waals surface area contributed by atoms with Gasteiger partial charge in [0, 0.05) is 39.6 Å². The molecule has 1 saturated carbocycles. The molecule has 1 rings (SSSR count). The monoisotopic (exact) mass is 190 g/mol. The third-order valence-electron chi connectivity index (χ3n) is 2.82. The molecule has 0 bridgehead atoms. The van der Waals surface area contributed by atoms with Crippen LogP contribution in [0.2, 0.25) is 0 Å². The van der Waals surface area contributed by atoms with Gasteiger partial charge in [-0.25, -0.2) is 0 Å². The minimum atomic E-state index is -0.499. The van der Waals surface area contributed by atoms with Gasteiger partial charge in [-0.1, -0.05) is 0 Å². The number of aliphatic hydroxyl groups is 1. The third kappa shape index (κ3) is 1.86. The Hall–Kier alpha value is -0.160. The minimum absolute atomic E-state index is 0.120. The molecule has 0 aliphatic heterocycles. The Balaban J connectivity index is 2.51. The molecule has 1 aliphatic rings.